The number of pyridine rings is 1. The number of carbonyl (C=O) groups is 1. The fraction of sp³-hybridized carbons (Fsp3) is 0.160. The fourth-order valence-electron chi connectivity index (χ4n) is 2.94. The Morgan fingerprint density at radius 1 is 0.974 bits per heavy atom. The van der Waals surface area contributed by atoms with E-state index in [0.717, 1.165) is 12.3 Å². The van der Waals surface area contributed by atoms with Gasteiger partial charge in [0.2, 0.25) is 5.88 Å². The molecule has 38 heavy (non-hydrogen) atoms. The van der Waals surface area contributed by atoms with Crippen molar-refractivity contribution in [3.05, 3.63) is 94.6 Å². The molecule has 0 aliphatic rings. The molecule has 0 fully saturated rings. The van der Waals surface area contributed by atoms with E-state index in [1.165, 1.54) is 36.4 Å². The van der Waals surface area contributed by atoms with Gasteiger partial charge in [0.05, 0.1) is 21.8 Å². The summed E-state index contributed by atoms with van der Waals surface area (Å²) in [5.74, 6) is -1.10. The first-order valence-electron chi connectivity index (χ1n) is 10.7. The molecule has 0 aliphatic heterocycles. The van der Waals surface area contributed by atoms with Gasteiger partial charge in [-0.1, -0.05) is 35.9 Å². The summed E-state index contributed by atoms with van der Waals surface area (Å²) in [5.41, 5.74) is -2.08. The number of hydrogen-bond donors (Lipinski definition) is 2. The summed E-state index contributed by atoms with van der Waals surface area (Å²) in [4.78, 5) is 16.0. The zero-order valence-electron chi connectivity index (χ0n) is 19.2. The lowest BCUT2D eigenvalue weighted by Crippen LogP contribution is -2.20. The molecule has 0 atom stereocenters. The normalized spacial score (nSPS) is 12.1. The minimum atomic E-state index is -4.89. The molecule has 13 heteroatoms. The van der Waals surface area contributed by atoms with Crippen LogP contribution in [-0.2, 0) is 10.9 Å². The van der Waals surface area contributed by atoms with Crippen LogP contribution < -0.4 is 10.1 Å². The molecule has 1 aromatic heterocycles. The van der Waals surface area contributed by atoms with Gasteiger partial charge in [-0.05, 0) is 42.0 Å². The van der Waals surface area contributed by atoms with Crippen molar-refractivity contribution in [3.8, 4) is 5.88 Å². The maximum atomic E-state index is 13.0. The predicted octanol–water partition coefficient (Wildman–Crippen LogP) is 7.02. The maximum absolute atomic E-state index is 13.0. The molecule has 200 valence electrons. The Kier molecular flexibility index (Phi) is 9.00. The minimum Gasteiger partial charge on any atom is -0.474 e. The van der Waals surface area contributed by atoms with Gasteiger partial charge in [-0.3, -0.25) is 5.41 Å². The molecule has 6 nitrogen and oxygen atoms in total. The summed E-state index contributed by atoms with van der Waals surface area (Å²) in [6.07, 6.45) is -7.92. The zero-order chi connectivity index (χ0) is 27.9. The highest BCUT2D eigenvalue weighted by molar-refractivity contribution is 6.33. The van der Waals surface area contributed by atoms with E-state index >= 15 is 0 Å². The number of benzene rings is 2. The number of para-hydroxylation sites is 1. The molecule has 0 spiro atoms. The van der Waals surface area contributed by atoms with E-state index in [2.05, 4.69) is 10.3 Å². The first-order chi connectivity index (χ1) is 17.8. The number of nitrogens with one attached hydrogen (secondary N) is 2. The molecule has 0 aliphatic carbocycles. The molecule has 0 saturated heterocycles. The van der Waals surface area contributed by atoms with E-state index < -0.39 is 29.6 Å². The Labute approximate surface area is 217 Å². The van der Waals surface area contributed by atoms with E-state index in [0.29, 0.717) is 17.8 Å². The molecule has 1 heterocycles. The molecule has 0 radical (unpaired) electrons. The number of halogens is 7. The first-order valence-corrected chi connectivity index (χ1v) is 11.0. The van der Waals surface area contributed by atoms with Crippen LogP contribution in [0.15, 0.2) is 72.9 Å². The van der Waals surface area contributed by atoms with Crippen LogP contribution in [0.2, 0.25) is 5.02 Å². The van der Waals surface area contributed by atoms with Gasteiger partial charge in [-0.2, -0.15) is 26.3 Å². The highest BCUT2D eigenvalue weighted by atomic mass is 35.5. The maximum Gasteiger partial charge on any atom is 0.432 e. The van der Waals surface area contributed by atoms with Crippen molar-refractivity contribution >= 4 is 34.7 Å². The van der Waals surface area contributed by atoms with Crippen LogP contribution in [-0.4, -0.2) is 36.1 Å². The van der Waals surface area contributed by atoms with Crippen LogP contribution in [0.4, 0.5) is 32.0 Å². The Balaban J connectivity index is 1.66. The van der Waals surface area contributed by atoms with Gasteiger partial charge in [-0.25, -0.2) is 9.78 Å². The largest absolute Gasteiger partial charge is 0.474 e. The quantitative estimate of drug-likeness (QED) is 0.128. The standard InChI is InChI=1S/C25H18ClF6N3O3/c26-18-3-1-2-4-19(18)35-20(14-21(33)25(30,31)32)15-5-7-16(8-6-15)23(36)38-12-11-37-22-13-17(9-10-34-22)24(27,28)29/h1-10,13-14,33,35H,11-12H2/b20-14-,33-21?. The second-order valence-electron chi connectivity index (χ2n) is 7.52. The van der Waals surface area contributed by atoms with Gasteiger partial charge >= 0.3 is 18.3 Å². The topological polar surface area (TPSA) is 84.3 Å². The van der Waals surface area contributed by atoms with E-state index in [4.69, 9.17) is 26.5 Å². The van der Waals surface area contributed by atoms with Crippen LogP contribution in [0, 0.1) is 5.41 Å². The summed E-state index contributed by atoms with van der Waals surface area (Å²) in [5, 5.41) is 10.3. The number of hydrogen-bond acceptors (Lipinski definition) is 6. The van der Waals surface area contributed by atoms with Gasteiger partial charge in [0, 0.05) is 18.0 Å². The lowest BCUT2D eigenvalue weighted by molar-refractivity contribution is -0.137. The number of alkyl halides is 6. The first kappa shape index (κ1) is 28.5. The van der Waals surface area contributed by atoms with Gasteiger partial charge < -0.3 is 14.8 Å². The van der Waals surface area contributed by atoms with Crippen molar-refractivity contribution in [2.24, 2.45) is 0 Å². The van der Waals surface area contributed by atoms with Gasteiger partial charge in [0.25, 0.3) is 0 Å². The molecule has 3 rings (SSSR count). The summed E-state index contributed by atoms with van der Waals surface area (Å²) < 4.78 is 87.3. The molecule has 2 N–H and O–H groups in total. The summed E-state index contributed by atoms with van der Waals surface area (Å²) >= 11 is 6.09. The Hall–Kier alpha value is -4.06. The highest BCUT2D eigenvalue weighted by Crippen LogP contribution is 2.30. The number of nitrogens with zero attached hydrogens (tertiary/aromatic N) is 1. The number of rotatable bonds is 9. The average Bonchev–Trinajstić information content (AvgIpc) is 2.86. The summed E-state index contributed by atoms with van der Waals surface area (Å²) in [6.45, 7) is -0.577. The van der Waals surface area contributed by atoms with E-state index in [9.17, 15) is 31.1 Å². The number of aromatic nitrogens is 1. The number of carbonyl (C=O) groups excluding carboxylic acids is 1. The predicted molar refractivity (Wildman–Crippen MR) is 128 cm³/mol. The summed E-state index contributed by atoms with van der Waals surface area (Å²) in [6, 6.07) is 13.1. The number of allylic oxidation sites excluding steroid dienone is 1. The highest BCUT2D eigenvalue weighted by Gasteiger charge is 2.33. The minimum absolute atomic E-state index is 0.0499. The second-order valence-corrected chi connectivity index (χ2v) is 7.92. The van der Waals surface area contributed by atoms with Crippen molar-refractivity contribution < 1.29 is 40.6 Å². The Morgan fingerprint density at radius 2 is 1.63 bits per heavy atom. The summed E-state index contributed by atoms with van der Waals surface area (Å²) in [7, 11) is 0. The van der Waals surface area contributed by atoms with E-state index in [-0.39, 0.29) is 40.9 Å². The monoisotopic (exact) mass is 557 g/mol. The van der Waals surface area contributed by atoms with E-state index in [1.54, 1.807) is 12.1 Å². The molecule has 3 aromatic rings. The van der Waals surface area contributed by atoms with Crippen LogP contribution in [0.3, 0.4) is 0 Å². The smallest absolute Gasteiger partial charge is 0.432 e. The third-order valence-corrected chi connectivity index (χ3v) is 5.13. The SMILES string of the molecule is N=C(/C=C(\Nc1ccccc1Cl)c1ccc(C(=O)OCCOc2cc(C(F)(F)F)ccn2)cc1)C(F)(F)F. The van der Waals surface area contributed by atoms with Crippen molar-refractivity contribution in [1.29, 1.82) is 5.41 Å². The van der Waals surface area contributed by atoms with Crippen LogP contribution in [0.1, 0.15) is 21.5 Å². The molecule has 0 bridgehead atoms. The van der Waals surface area contributed by atoms with Crippen molar-refractivity contribution in [2.45, 2.75) is 12.4 Å². The molecule has 2 aromatic carbocycles. The van der Waals surface area contributed by atoms with Gasteiger partial charge in [0.1, 0.15) is 18.9 Å². The Morgan fingerprint density at radius 3 is 2.26 bits per heavy atom. The lowest BCUT2D eigenvalue weighted by Gasteiger charge is -2.15. The fourth-order valence-corrected chi connectivity index (χ4v) is 3.12. The van der Waals surface area contributed by atoms with Crippen LogP contribution >= 0.6 is 11.6 Å². The number of ether oxygens (including phenoxy) is 2. The zero-order valence-corrected chi connectivity index (χ0v) is 19.9. The van der Waals surface area contributed by atoms with Crippen molar-refractivity contribution in [2.75, 3.05) is 18.5 Å². The van der Waals surface area contributed by atoms with Gasteiger partial charge in [-0.15, -0.1) is 0 Å². The van der Waals surface area contributed by atoms with Gasteiger partial charge in [0.15, 0.2) is 0 Å². The second kappa shape index (κ2) is 12.0. The van der Waals surface area contributed by atoms with E-state index in [1.807, 2.05) is 0 Å². The van der Waals surface area contributed by atoms with Crippen molar-refractivity contribution in [1.82, 2.24) is 4.98 Å². The lowest BCUT2D eigenvalue weighted by atomic mass is 10.1. The third kappa shape index (κ3) is 7.97. The Bertz CT molecular complexity index is 1320. The average molecular weight is 558 g/mol. The molecular weight excluding hydrogens is 540 g/mol. The molecule has 0 unspecified atom stereocenters. The third-order valence-electron chi connectivity index (χ3n) is 4.80. The van der Waals surface area contributed by atoms with Crippen LogP contribution in [0.5, 0.6) is 5.88 Å². The van der Waals surface area contributed by atoms with Crippen LogP contribution in [0.25, 0.3) is 5.70 Å². The number of anilines is 1. The molecular formula is C25H18ClF6N3O3. The molecule has 0 saturated carbocycles. The molecule has 0 amide bonds. The number of esters is 1. The van der Waals surface area contributed by atoms with Crippen molar-refractivity contribution in [3.63, 3.8) is 0 Å².